The van der Waals surface area contributed by atoms with Gasteiger partial charge in [-0.05, 0) is 6.92 Å². The molecule has 15 heavy (non-hydrogen) atoms. The Hall–Kier alpha value is -0.590. The van der Waals surface area contributed by atoms with Crippen LogP contribution in [0.5, 0.6) is 0 Å². The quantitative estimate of drug-likeness (QED) is 0.733. The van der Waals surface area contributed by atoms with Gasteiger partial charge in [0.2, 0.25) is 0 Å². The van der Waals surface area contributed by atoms with Crippen LogP contribution in [0, 0.1) is 6.92 Å². The highest BCUT2D eigenvalue weighted by molar-refractivity contribution is 7.09. The highest BCUT2D eigenvalue weighted by Crippen LogP contribution is 2.07. The van der Waals surface area contributed by atoms with Gasteiger partial charge in [0, 0.05) is 24.2 Å². The molecule has 0 fully saturated rings. The van der Waals surface area contributed by atoms with Gasteiger partial charge >= 0.3 is 0 Å². The van der Waals surface area contributed by atoms with Crippen LogP contribution in [0.4, 0.5) is 8.78 Å². The first kappa shape index (κ1) is 12.5. The van der Waals surface area contributed by atoms with Crippen molar-refractivity contribution in [2.45, 2.75) is 19.9 Å². The molecule has 0 radical (unpaired) electrons. The van der Waals surface area contributed by atoms with Gasteiger partial charge in [-0.25, -0.2) is 13.8 Å². The molecule has 0 spiro atoms. The summed E-state index contributed by atoms with van der Waals surface area (Å²) in [5.41, 5.74) is 1.01. The molecule has 0 saturated carbocycles. The van der Waals surface area contributed by atoms with Crippen molar-refractivity contribution < 1.29 is 13.5 Å². The second-order valence-electron chi connectivity index (χ2n) is 3.03. The topological polar surface area (TPSA) is 34.1 Å². The van der Waals surface area contributed by atoms with Gasteiger partial charge in [-0.15, -0.1) is 11.3 Å². The highest BCUT2D eigenvalue weighted by Gasteiger charge is 2.01. The number of thiazole rings is 1. The zero-order chi connectivity index (χ0) is 11.1. The van der Waals surface area contributed by atoms with Gasteiger partial charge in [0.25, 0.3) is 6.43 Å². The molecule has 0 unspecified atom stereocenters. The van der Waals surface area contributed by atoms with Crippen LogP contribution < -0.4 is 5.32 Å². The first-order valence-electron chi connectivity index (χ1n) is 4.66. The van der Waals surface area contributed by atoms with Crippen molar-refractivity contribution in [1.29, 1.82) is 0 Å². The lowest BCUT2D eigenvalue weighted by molar-refractivity contribution is 0.0187. The van der Waals surface area contributed by atoms with E-state index in [1.807, 2.05) is 12.3 Å². The van der Waals surface area contributed by atoms with E-state index in [0.29, 0.717) is 19.7 Å². The van der Waals surface area contributed by atoms with Crippen LogP contribution in [0.1, 0.15) is 10.7 Å². The summed E-state index contributed by atoms with van der Waals surface area (Å²) < 4.78 is 28.0. The second kappa shape index (κ2) is 6.81. The molecule has 0 atom stereocenters. The maximum atomic E-state index is 11.7. The van der Waals surface area contributed by atoms with Crippen molar-refractivity contribution in [1.82, 2.24) is 10.3 Å². The smallest absolute Gasteiger partial charge is 0.261 e. The molecule has 3 nitrogen and oxygen atoms in total. The summed E-state index contributed by atoms with van der Waals surface area (Å²) in [5.74, 6) is 0. The van der Waals surface area contributed by atoms with Crippen molar-refractivity contribution in [3.05, 3.63) is 16.1 Å². The minimum atomic E-state index is -2.38. The minimum absolute atomic E-state index is 0.300. The molecule has 1 aromatic rings. The van der Waals surface area contributed by atoms with E-state index >= 15 is 0 Å². The average Bonchev–Trinajstić information content (AvgIpc) is 2.57. The summed E-state index contributed by atoms with van der Waals surface area (Å²) in [7, 11) is 0. The predicted molar refractivity (Wildman–Crippen MR) is 55.4 cm³/mol. The Morgan fingerprint density at radius 2 is 2.40 bits per heavy atom. The Morgan fingerprint density at radius 1 is 1.60 bits per heavy atom. The molecule has 6 heteroatoms. The minimum Gasteiger partial charge on any atom is -0.374 e. The third-order valence-corrected chi connectivity index (χ3v) is 2.58. The molecule has 1 heterocycles. The van der Waals surface area contributed by atoms with Crippen LogP contribution in [0.3, 0.4) is 0 Å². The van der Waals surface area contributed by atoms with Crippen LogP contribution in [-0.4, -0.2) is 31.2 Å². The zero-order valence-electron chi connectivity index (χ0n) is 8.50. The molecule has 1 rings (SSSR count). The van der Waals surface area contributed by atoms with E-state index in [1.165, 1.54) is 0 Å². The molecule has 1 N–H and O–H groups in total. The maximum Gasteiger partial charge on any atom is 0.261 e. The number of hydrogen-bond donors (Lipinski definition) is 1. The Labute approximate surface area is 91.5 Å². The number of nitrogens with one attached hydrogen (secondary N) is 1. The Morgan fingerprint density at radius 3 is 3.00 bits per heavy atom. The zero-order valence-corrected chi connectivity index (χ0v) is 9.32. The van der Waals surface area contributed by atoms with E-state index in [9.17, 15) is 8.78 Å². The van der Waals surface area contributed by atoms with E-state index in [0.717, 1.165) is 10.7 Å². The molecule has 1 aromatic heterocycles. The van der Waals surface area contributed by atoms with E-state index in [-0.39, 0.29) is 0 Å². The third-order valence-electron chi connectivity index (χ3n) is 1.61. The lowest BCUT2D eigenvalue weighted by Crippen LogP contribution is -2.20. The number of aromatic nitrogens is 1. The van der Waals surface area contributed by atoms with Gasteiger partial charge < -0.3 is 10.1 Å². The largest absolute Gasteiger partial charge is 0.374 e. The molecule has 0 amide bonds. The van der Waals surface area contributed by atoms with Crippen LogP contribution in [0.25, 0.3) is 0 Å². The Bertz CT molecular complexity index is 281. The summed E-state index contributed by atoms with van der Waals surface area (Å²) in [4.78, 5) is 4.25. The van der Waals surface area contributed by atoms with Gasteiger partial charge in [-0.2, -0.15) is 0 Å². The standard InChI is InChI=1S/C9H14F2N2OS/c1-7-6-15-9(13-7)4-12-2-3-14-5-8(10)11/h6,8,12H,2-5H2,1H3. The molecule has 0 aliphatic carbocycles. The number of rotatable bonds is 7. The molecule has 0 aliphatic heterocycles. The number of nitrogens with zero attached hydrogens (tertiary/aromatic N) is 1. The van der Waals surface area contributed by atoms with Gasteiger partial charge in [-0.1, -0.05) is 0 Å². The van der Waals surface area contributed by atoms with E-state index < -0.39 is 13.0 Å². The molecule has 86 valence electrons. The lowest BCUT2D eigenvalue weighted by Gasteiger charge is -2.03. The average molecular weight is 236 g/mol. The fourth-order valence-electron chi connectivity index (χ4n) is 0.996. The van der Waals surface area contributed by atoms with Crippen LogP contribution >= 0.6 is 11.3 Å². The van der Waals surface area contributed by atoms with E-state index in [1.54, 1.807) is 11.3 Å². The maximum absolute atomic E-state index is 11.7. The number of ether oxygens (including phenoxy) is 1. The summed E-state index contributed by atoms with van der Waals surface area (Å²) in [6.45, 7) is 2.97. The van der Waals surface area contributed by atoms with Crippen molar-refractivity contribution in [3.8, 4) is 0 Å². The Kier molecular flexibility index (Phi) is 5.67. The summed E-state index contributed by atoms with van der Waals surface area (Å²) in [6, 6.07) is 0. The Balaban J connectivity index is 1.98. The fraction of sp³-hybridized carbons (Fsp3) is 0.667. The normalized spacial score (nSPS) is 11.2. The molecular weight excluding hydrogens is 222 g/mol. The van der Waals surface area contributed by atoms with Crippen molar-refractivity contribution in [2.24, 2.45) is 0 Å². The predicted octanol–water partition coefficient (Wildman–Crippen LogP) is 1.82. The van der Waals surface area contributed by atoms with Crippen LogP contribution in [0.2, 0.25) is 0 Å². The van der Waals surface area contributed by atoms with Crippen molar-refractivity contribution in [3.63, 3.8) is 0 Å². The first-order valence-corrected chi connectivity index (χ1v) is 5.54. The summed E-state index contributed by atoms with van der Waals surface area (Å²) >= 11 is 1.58. The molecule has 0 bridgehead atoms. The monoisotopic (exact) mass is 236 g/mol. The highest BCUT2D eigenvalue weighted by atomic mass is 32.1. The molecule has 0 aliphatic rings. The summed E-state index contributed by atoms with van der Waals surface area (Å²) in [5, 5.41) is 6.04. The van der Waals surface area contributed by atoms with Gasteiger partial charge in [0.05, 0.1) is 6.61 Å². The van der Waals surface area contributed by atoms with Crippen molar-refractivity contribution >= 4 is 11.3 Å². The first-order chi connectivity index (χ1) is 7.18. The number of halogens is 2. The van der Waals surface area contributed by atoms with E-state index in [2.05, 4.69) is 10.3 Å². The van der Waals surface area contributed by atoms with Gasteiger partial charge in [0.15, 0.2) is 0 Å². The molecule has 0 saturated heterocycles. The second-order valence-corrected chi connectivity index (χ2v) is 3.97. The van der Waals surface area contributed by atoms with Gasteiger partial charge in [0.1, 0.15) is 11.6 Å². The number of alkyl halides is 2. The van der Waals surface area contributed by atoms with E-state index in [4.69, 9.17) is 4.74 Å². The van der Waals surface area contributed by atoms with Crippen molar-refractivity contribution in [2.75, 3.05) is 19.8 Å². The summed E-state index contributed by atoms with van der Waals surface area (Å²) in [6.07, 6.45) is -2.38. The van der Waals surface area contributed by atoms with Crippen LogP contribution in [0.15, 0.2) is 5.38 Å². The molecule has 0 aromatic carbocycles. The van der Waals surface area contributed by atoms with Gasteiger partial charge in [-0.3, -0.25) is 0 Å². The number of aryl methyl sites for hydroxylation is 1. The lowest BCUT2D eigenvalue weighted by atomic mass is 10.5. The molecular formula is C9H14F2N2OS. The fourth-order valence-corrected chi connectivity index (χ4v) is 1.74. The number of hydrogen-bond acceptors (Lipinski definition) is 4. The van der Waals surface area contributed by atoms with Crippen LogP contribution in [-0.2, 0) is 11.3 Å². The SMILES string of the molecule is Cc1csc(CNCCOCC(F)F)n1. The third kappa shape index (κ3) is 5.76.